The van der Waals surface area contributed by atoms with Crippen molar-refractivity contribution >= 4 is 5.97 Å². The third-order valence-corrected chi connectivity index (χ3v) is 2.89. The van der Waals surface area contributed by atoms with Gasteiger partial charge in [-0.15, -0.1) is 13.2 Å². The third-order valence-electron chi connectivity index (χ3n) is 2.89. The molecule has 21 heavy (non-hydrogen) atoms. The Bertz CT molecular complexity index is 678. The maximum atomic E-state index is 12.3. The number of ether oxygens (including phenoxy) is 1. The van der Waals surface area contributed by atoms with Crippen LogP contribution in [-0.4, -0.2) is 17.4 Å². The van der Waals surface area contributed by atoms with Gasteiger partial charge in [-0.2, -0.15) is 0 Å². The first-order chi connectivity index (χ1) is 9.78. The van der Waals surface area contributed by atoms with Crippen molar-refractivity contribution in [3.05, 3.63) is 53.6 Å². The summed E-state index contributed by atoms with van der Waals surface area (Å²) >= 11 is 0. The number of alkyl halides is 3. The molecular weight excluding hydrogens is 285 g/mol. The van der Waals surface area contributed by atoms with Gasteiger partial charge < -0.3 is 9.84 Å². The van der Waals surface area contributed by atoms with Crippen LogP contribution in [0.3, 0.4) is 0 Å². The Kier molecular flexibility index (Phi) is 3.88. The molecule has 0 heterocycles. The first-order valence-corrected chi connectivity index (χ1v) is 5.97. The van der Waals surface area contributed by atoms with E-state index in [0.29, 0.717) is 5.56 Å². The van der Waals surface area contributed by atoms with E-state index in [2.05, 4.69) is 4.74 Å². The largest absolute Gasteiger partial charge is 0.573 e. The number of carboxylic acid groups (broad SMARTS) is 1. The van der Waals surface area contributed by atoms with Gasteiger partial charge in [0.1, 0.15) is 11.3 Å². The van der Waals surface area contributed by atoms with E-state index < -0.39 is 23.6 Å². The zero-order valence-electron chi connectivity index (χ0n) is 10.9. The van der Waals surface area contributed by atoms with Gasteiger partial charge in [0.25, 0.3) is 0 Å². The average Bonchev–Trinajstić information content (AvgIpc) is 2.38. The summed E-state index contributed by atoms with van der Waals surface area (Å²) in [6.07, 6.45) is -4.94. The highest BCUT2D eigenvalue weighted by Gasteiger charge is 2.33. The van der Waals surface area contributed by atoms with Crippen molar-refractivity contribution in [2.75, 3.05) is 0 Å². The van der Waals surface area contributed by atoms with E-state index in [1.165, 1.54) is 12.1 Å². The second-order valence-corrected chi connectivity index (χ2v) is 4.38. The Morgan fingerprint density at radius 3 is 2.38 bits per heavy atom. The van der Waals surface area contributed by atoms with Gasteiger partial charge in [-0.25, -0.2) is 4.79 Å². The van der Waals surface area contributed by atoms with E-state index in [4.69, 9.17) is 5.11 Å². The van der Waals surface area contributed by atoms with Gasteiger partial charge in [-0.3, -0.25) is 0 Å². The zero-order chi connectivity index (χ0) is 15.6. The van der Waals surface area contributed by atoms with E-state index in [0.717, 1.165) is 17.2 Å². The fraction of sp³-hybridized carbons (Fsp3) is 0.133. The van der Waals surface area contributed by atoms with E-state index in [1.807, 2.05) is 19.1 Å². The van der Waals surface area contributed by atoms with Gasteiger partial charge in [-0.05, 0) is 35.7 Å². The summed E-state index contributed by atoms with van der Waals surface area (Å²) in [7, 11) is 0. The van der Waals surface area contributed by atoms with Crippen LogP contribution in [0.1, 0.15) is 15.9 Å². The first-order valence-electron chi connectivity index (χ1n) is 5.97. The van der Waals surface area contributed by atoms with E-state index >= 15 is 0 Å². The minimum atomic E-state index is -4.94. The number of hydrogen-bond acceptors (Lipinski definition) is 2. The molecule has 0 saturated carbocycles. The predicted molar refractivity (Wildman–Crippen MR) is 70.3 cm³/mol. The van der Waals surface area contributed by atoms with Crippen LogP contribution in [0.4, 0.5) is 13.2 Å². The van der Waals surface area contributed by atoms with Crippen LogP contribution in [0.15, 0.2) is 42.5 Å². The highest BCUT2D eigenvalue weighted by atomic mass is 19.4. The summed E-state index contributed by atoms with van der Waals surface area (Å²) in [5.74, 6) is -2.21. The lowest BCUT2D eigenvalue weighted by Crippen LogP contribution is -2.19. The number of benzene rings is 2. The summed E-state index contributed by atoms with van der Waals surface area (Å²) in [6.45, 7) is 1.83. The van der Waals surface area contributed by atoms with Gasteiger partial charge in [-0.1, -0.05) is 30.3 Å². The maximum Gasteiger partial charge on any atom is 0.573 e. The molecule has 2 aromatic rings. The van der Waals surface area contributed by atoms with Gasteiger partial charge in [0.15, 0.2) is 0 Å². The molecule has 3 nitrogen and oxygen atoms in total. The van der Waals surface area contributed by atoms with Crippen LogP contribution in [0, 0.1) is 6.92 Å². The van der Waals surface area contributed by atoms with Crippen LogP contribution < -0.4 is 4.74 Å². The molecule has 110 valence electrons. The second-order valence-electron chi connectivity index (χ2n) is 4.38. The SMILES string of the molecule is Cc1ccccc1-c1ccc(OC(F)(F)F)c(C(=O)O)c1. The van der Waals surface area contributed by atoms with Crippen molar-refractivity contribution in [1.82, 2.24) is 0 Å². The molecule has 0 saturated heterocycles. The van der Waals surface area contributed by atoms with Gasteiger partial charge >= 0.3 is 12.3 Å². The molecule has 0 radical (unpaired) electrons. The maximum absolute atomic E-state index is 12.3. The number of aryl methyl sites for hydroxylation is 1. The molecule has 0 atom stereocenters. The highest BCUT2D eigenvalue weighted by Crippen LogP contribution is 2.31. The van der Waals surface area contributed by atoms with Crippen molar-refractivity contribution in [2.24, 2.45) is 0 Å². The molecule has 0 unspecified atom stereocenters. The number of rotatable bonds is 3. The van der Waals surface area contributed by atoms with Crippen LogP contribution in [0.5, 0.6) is 5.75 Å². The average molecular weight is 296 g/mol. The highest BCUT2D eigenvalue weighted by molar-refractivity contribution is 5.92. The lowest BCUT2D eigenvalue weighted by Gasteiger charge is -2.13. The second kappa shape index (κ2) is 5.47. The molecule has 0 spiro atoms. The third kappa shape index (κ3) is 3.53. The summed E-state index contributed by atoms with van der Waals surface area (Å²) in [5, 5.41) is 9.06. The van der Waals surface area contributed by atoms with Crippen LogP contribution >= 0.6 is 0 Å². The predicted octanol–water partition coefficient (Wildman–Crippen LogP) is 4.26. The van der Waals surface area contributed by atoms with Crippen molar-refractivity contribution < 1.29 is 27.8 Å². The van der Waals surface area contributed by atoms with Crippen LogP contribution in [0.2, 0.25) is 0 Å². The topological polar surface area (TPSA) is 46.5 Å². The Morgan fingerprint density at radius 2 is 1.81 bits per heavy atom. The fourth-order valence-corrected chi connectivity index (χ4v) is 1.98. The Morgan fingerprint density at radius 1 is 1.14 bits per heavy atom. The summed E-state index contributed by atoms with van der Waals surface area (Å²) in [4.78, 5) is 11.1. The van der Waals surface area contributed by atoms with E-state index in [1.54, 1.807) is 12.1 Å². The number of carbonyl (C=O) groups is 1. The van der Waals surface area contributed by atoms with Gasteiger partial charge in [0.2, 0.25) is 0 Å². The molecule has 2 aromatic carbocycles. The first kappa shape index (κ1) is 14.9. The van der Waals surface area contributed by atoms with E-state index in [9.17, 15) is 18.0 Å². The lowest BCUT2D eigenvalue weighted by molar-refractivity contribution is -0.274. The number of hydrogen-bond donors (Lipinski definition) is 1. The van der Waals surface area contributed by atoms with Gasteiger partial charge in [0.05, 0.1) is 0 Å². The number of carboxylic acids is 1. The van der Waals surface area contributed by atoms with Crippen molar-refractivity contribution in [1.29, 1.82) is 0 Å². The molecule has 2 rings (SSSR count). The van der Waals surface area contributed by atoms with Crippen molar-refractivity contribution in [3.8, 4) is 16.9 Å². The summed E-state index contributed by atoms with van der Waals surface area (Å²) in [5.41, 5.74) is 1.62. The number of halogens is 3. The van der Waals surface area contributed by atoms with Gasteiger partial charge in [0, 0.05) is 0 Å². The normalized spacial score (nSPS) is 11.2. The molecular formula is C15H11F3O3. The smallest absolute Gasteiger partial charge is 0.478 e. The Hall–Kier alpha value is -2.50. The molecule has 0 bridgehead atoms. The van der Waals surface area contributed by atoms with E-state index in [-0.39, 0.29) is 0 Å². The quantitative estimate of drug-likeness (QED) is 0.920. The molecule has 0 aliphatic rings. The zero-order valence-corrected chi connectivity index (χ0v) is 10.9. The minimum Gasteiger partial charge on any atom is -0.478 e. The number of aromatic carboxylic acids is 1. The molecule has 0 amide bonds. The van der Waals surface area contributed by atoms with Crippen LogP contribution in [-0.2, 0) is 0 Å². The Labute approximate surface area is 118 Å². The molecule has 0 fully saturated rings. The molecule has 0 aliphatic carbocycles. The summed E-state index contributed by atoms with van der Waals surface area (Å²) in [6, 6.07) is 10.8. The van der Waals surface area contributed by atoms with Crippen LogP contribution in [0.25, 0.3) is 11.1 Å². The molecule has 0 aliphatic heterocycles. The Balaban J connectivity index is 2.51. The summed E-state index contributed by atoms with van der Waals surface area (Å²) < 4.78 is 40.5. The molecule has 6 heteroatoms. The minimum absolute atomic E-state index is 0.514. The monoisotopic (exact) mass is 296 g/mol. The fourth-order valence-electron chi connectivity index (χ4n) is 1.98. The lowest BCUT2D eigenvalue weighted by atomic mass is 9.98. The molecule has 0 aromatic heterocycles. The van der Waals surface area contributed by atoms with Crippen molar-refractivity contribution in [2.45, 2.75) is 13.3 Å². The molecule has 1 N–H and O–H groups in total. The standard InChI is InChI=1S/C15H11F3O3/c1-9-4-2-3-5-11(9)10-6-7-13(21-15(16,17)18)12(8-10)14(19)20/h2-8H,1H3,(H,19,20). The van der Waals surface area contributed by atoms with Crippen molar-refractivity contribution in [3.63, 3.8) is 0 Å².